The minimum absolute atomic E-state index is 0.112. The largest absolute Gasteiger partial charge is 0.297 e. The first-order valence-electron chi connectivity index (χ1n) is 5.38. The fraction of sp³-hybridized carbons (Fsp3) is 0.250. The first-order chi connectivity index (χ1) is 8.11. The van der Waals surface area contributed by atoms with Gasteiger partial charge in [0.2, 0.25) is 0 Å². The summed E-state index contributed by atoms with van der Waals surface area (Å²) >= 11 is 10.9. The molecule has 0 atom stereocenters. The molecule has 2 aromatic rings. The van der Waals surface area contributed by atoms with Crippen LogP contribution in [-0.4, -0.2) is 9.78 Å². The Morgan fingerprint density at radius 2 is 2.18 bits per heavy atom. The van der Waals surface area contributed by atoms with Crippen molar-refractivity contribution < 1.29 is 4.39 Å². The minimum Gasteiger partial charge on any atom is -0.297 e. The average Bonchev–Trinajstić information content (AvgIpc) is 2.64. The Kier molecular flexibility index (Phi) is 3.64. The van der Waals surface area contributed by atoms with E-state index in [1.54, 1.807) is 10.7 Å². The molecule has 5 heteroatoms. The van der Waals surface area contributed by atoms with Crippen LogP contribution in [0, 0.1) is 10.5 Å². The van der Waals surface area contributed by atoms with E-state index < -0.39 is 5.82 Å². The molecule has 17 heavy (non-hydrogen) atoms. The van der Waals surface area contributed by atoms with Crippen LogP contribution in [0.1, 0.15) is 19.0 Å². The maximum absolute atomic E-state index is 13.4. The molecule has 1 aromatic carbocycles. The van der Waals surface area contributed by atoms with E-state index >= 15 is 0 Å². The molecular weight excluding hydrogens is 259 g/mol. The molecule has 0 radical (unpaired) electrons. The Balaban J connectivity index is 2.45. The fourth-order valence-corrected chi connectivity index (χ4v) is 2.07. The molecule has 1 N–H and O–H groups in total. The Morgan fingerprint density at radius 1 is 1.41 bits per heavy atom. The molecule has 2 rings (SSSR count). The van der Waals surface area contributed by atoms with Crippen LogP contribution in [0.5, 0.6) is 0 Å². The van der Waals surface area contributed by atoms with Crippen molar-refractivity contribution in [2.24, 2.45) is 0 Å². The van der Waals surface area contributed by atoms with Gasteiger partial charge in [0.1, 0.15) is 10.5 Å². The van der Waals surface area contributed by atoms with Gasteiger partial charge in [-0.25, -0.2) is 9.07 Å². The number of nitrogens with zero attached hydrogens (tertiary/aromatic N) is 1. The lowest BCUT2D eigenvalue weighted by molar-refractivity contribution is 0.625. The van der Waals surface area contributed by atoms with E-state index in [1.165, 1.54) is 12.1 Å². The lowest BCUT2D eigenvalue weighted by Gasteiger charge is -2.04. The number of halogens is 2. The van der Waals surface area contributed by atoms with E-state index in [0.29, 0.717) is 10.3 Å². The molecule has 1 heterocycles. The predicted molar refractivity (Wildman–Crippen MR) is 69.9 cm³/mol. The van der Waals surface area contributed by atoms with Gasteiger partial charge in [0.25, 0.3) is 0 Å². The SMILES string of the molecule is CCCc1cc(=S)n(-c2ccc(Cl)c(F)c2)[nH]1. The van der Waals surface area contributed by atoms with Crippen LogP contribution < -0.4 is 0 Å². The smallest absolute Gasteiger partial charge is 0.143 e. The van der Waals surface area contributed by atoms with Crippen LogP contribution in [0.25, 0.3) is 5.69 Å². The van der Waals surface area contributed by atoms with Crippen LogP contribution in [0.2, 0.25) is 5.02 Å². The summed E-state index contributed by atoms with van der Waals surface area (Å²) in [5.41, 5.74) is 1.70. The van der Waals surface area contributed by atoms with Gasteiger partial charge in [-0.1, -0.05) is 37.2 Å². The van der Waals surface area contributed by atoms with Gasteiger partial charge in [-0.2, -0.15) is 0 Å². The maximum Gasteiger partial charge on any atom is 0.143 e. The molecule has 0 fully saturated rings. The van der Waals surface area contributed by atoms with E-state index in [-0.39, 0.29) is 5.02 Å². The molecule has 0 amide bonds. The van der Waals surface area contributed by atoms with Gasteiger partial charge < -0.3 is 0 Å². The molecule has 0 bridgehead atoms. The summed E-state index contributed by atoms with van der Waals surface area (Å²) in [6, 6.07) is 6.51. The summed E-state index contributed by atoms with van der Waals surface area (Å²) in [5, 5.41) is 3.26. The van der Waals surface area contributed by atoms with E-state index in [9.17, 15) is 4.39 Å². The highest BCUT2D eigenvalue weighted by Gasteiger charge is 2.05. The second kappa shape index (κ2) is 5.02. The van der Waals surface area contributed by atoms with Crippen LogP contribution in [0.3, 0.4) is 0 Å². The number of rotatable bonds is 3. The maximum atomic E-state index is 13.4. The normalized spacial score (nSPS) is 10.8. The first-order valence-corrected chi connectivity index (χ1v) is 6.17. The van der Waals surface area contributed by atoms with Crippen LogP contribution in [0.4, 0.5) is 4.39 Å². The highest BCUT2D eigenvalue weighted by atomic mass is 35.5. The Bertz CT molecular complexity index is 588. The van der Waals surface area contributed by atoms with Crippen molar-refractivity contribution in [2.45, 2.75) is 19.8 Å². The topological polar surface area (TPSA) is 20.7 Å². The summed E-state index contributed by atoms with van der Waals surface area (Å²) in [6.07, 6.45) is 1.96. The van der Waals surface area contributed by atoms with Crippen LogP contribution in [-0.2, 0) is 6.42 Å². The Hall–Kier alpha value is -1.13. The third-order valence-corrected chi connectivity index (χ3v) is 3.06. The zero-order chi connectivity index (χ0) is 12.4. The lowest BCUT2D eigenvalue weighted by atomic mass is 10.3. The quantitative estimate of drug-likeness (QED) is 0.826. The van der Waals surface area contributed by atoms with Gasteiger partial charge in [0.15, 0.2) is 0 Å². The van der Waals surface area contributed by atoms with E-state index in [0.717, 1.165) is 18.5 Å². The molecule has 0 aliphatic heterocycles. The zero-order valence-corrected chi connectivity index (χ0v) is 10.9. The summed E-state index contributed by atoms with van der Waals surface area (Å²) in [7, 11) is 0. The molecule has 0 spiro atoms. The summed E-state index contributed by atoms with van der Waals surface area (Å²) in [6.45, 7) is 2.09. The van der Waals surface area contributed by atoms with Gasteiger partial charge in [0.05, 0.1) is 10.7 Å². The number of nitrogens with one attached hydrogen (secondary N) is 1. The van der Waals surface area contributed by atoms with Gasteiger partial charge in [-0.15, -0.1) is 0 Å². The molecule has 0 saturated carbocycles. The number of aryl methyl sites for hydroxylation is 1. The molecule has 0 unspecified atom stereocenters. The van der Waals surface area contributed by atoms with E-state index in [4.69, 9.17) is 23.8 Å². The zero-order valence-electron chi connectivity index (χ0n) is 9.34. The van der Waals surface area contributed by atoms with Crippen molar-refractivity contribution in [3.63, 3.8) is 0 Å². The Morgan fingerprint density at radius 3 is 2.82 bits per heavy atom. The van der Waals surface area contributed by atoms with Gasteiger partial charge >= 0.3 is 0 Å². The summed E-state index contributed by atoms with van der Waals surface area (Å²) < 4.78 is 15.7. The van der Waals surface area contributed by atoms with E-state index in [2.05, 4.69) is 12.0 Å². The van der Waals surface area contributed by atoms with Crippen molar-refractivity contribution in [3.05, 3.63) is 45.4 Å². The van der Waals surface area contributed by atoms with Crippen LogP contribution in [0.15, 0.2) is 24.3 Å². The van der Waals surface area contributed by atoms with Gasteiger partial charge in [0, 0.05) is 11.8 Å². The fourth-order valence-electron chi connectivity index (χ4n) is 1.66. The third kappa shape index (κ3) is 2.58. The summed E-state index contributed by atoms with van der Waals surface area (Å²) in [5.74, 6) is -0.447. The monoisotopic (exact) mass is 270 g/mol. The van der Waals surface area contributed by atoms with Crippen molar-refractivity contribution >= 4 is 23.8 Å². The van der Waals surface area contributed by atoms with Crippen molar-refractivity contribution in [2.75, 3.05) is 0 Å². The number of hydrogen-bond donors (Lipinski definition) is 1. The number of hydrogen-bond acceptors (Lipinski definition) is 1. The van der Waals surface area contributed by atoms with Crippen molar-refractivity contribution in [1.29, 1.82) is 0 Å². The molecule has 0 aliphatic rings. The molecule has 0 saturated heterocycles. The van der Waals surface area contributed by atoms with Crippen LogP contribution >= 0.6 is 23.8 Å². The number of H-pyrrole nitrogens is 1. The first kappa shape index (κ1) is 12.3. The molecular formula is C12H12ClFN2S. The highest BCUT2D eigenvalue weighted by Crippen LogP contribution is 2.18. The van der Waals surface area contributed by atoms with Crippen molar-refractivity contribution in [1.82, 2.24) is 9.78 Å². The Labute approximate surface area is 109 Å². The average molecular weight is 271 g/mol. The standard InChI is InChI=1S/C12H12ClFN2S/c1-2-3-8-6-12(17)16(15-8)9-4-5-10(13)11(14)7-9/h4-7,15H,2-3H2,1H3. The minimum atomic E-state index is -0.447. The summed E-state index contributed by atoms with van der Waals surface area (Å²) in [4.78, 5) is 0. The number of benzene rings is 1. The second-order valence-corrected chi connectivity index (χ2v) is 4.63. The molecule has 2 nitrogen and oxygen atoms in total. The molecule has 90 valence electrons. The predicted octanol–water partition coefficient (Wildman–Crippen LogP) is 4.28. The van der Waals surface area contributed by atoms with Gasteiger partial charge in [-0.3, -0.25) is 5.10 Å². The number of aromatic nitrogens is 2. The van der Waals surface area contributed by atoms with Gasteiger partial charge in [-0.05, 0) is 24.6 Å². The lowest BCUT2D eigenvalue weighted by Crippen LogP contribution is -1.98. The molecule has 1 aromatic heterocycles. The van der Waals surface area contributed by atoms with E-state index in [1.807, 2.05) is 6.07 Å². The molecule has 0 aliphatic carbocycles. The van der Waals surface area contributed by atoms with Crippen molar-refractivity contribution in [3.8, 4) is 5.69 Å². The highest BCUT2D eigenvalue weighted by molar-refractivity contribution is 7.71. The third-order valence-electron chi connectivity index (χ3n) is 2.45. The second-order valence-electron chi connectivity index (χ2n) is 3.80. The number of aromatic amines is 1.